The molecule has 2 aromatic rings. The van der Waals surface area contributed by atoms with Crippen molar-refractivity contribution in [3.8, 4) is 11.5 Å². The topological polar surface area (TPSA) is 83.7 Å². The molecular weight excluding hydrogens is 368 g/mol. The second-order valence-electron chi connectivity index (χ2n) is 7.88. The summed E-state index contributed by atoms with van der Waals surface area (Å²) >= 11 is 0. The lowest BCUT2D eigenvalue weighted by atomic mass is 10.1. The van der Waals surface area contributed by atoms with Gasteiger partial charge in [0.2, 0.25) is 0 Å². The van der Waals surface area contributed by atoms with E-state index in [-0.39, 0.29) is 12.1 Å². The average molecular weight is 399 g/mol. The molecule has 0 aliphatic carbocycles. The van der Waals surface area contributed by atoms with Crippen LogP contribution in [0.4, 0.5) is 5.69 Å². The third-order valence-corrected chi connectivity index (χ3v) is 4.34. The summed E-state index contributed by atoms with van der Waals surface area (Å²) in [6, 6.07) is 13.2. The number of nitrogens with one attached hydrogen (secondary N) is 4. The molecule has 0 bridgehead atoms. The zero-order valence-electron chi connectivity index (χ0n) is 17.5. The van der Waals surface area contributed by atoms with Gasteiger partial charge >= 0.3 is 0 Å². The van der Waals surface area contributed by atoms with Crippen molar-refractivity contribution in [3.63, 3.8) is 0 Å². The lowest BCUT2D eigenvalue weighted by Crippen LogP contribution is -2.34. The predicted octanol–water partition coefficient (Wildman–Crippen LogP) is 3.56. The van der Waals surface area contributed by atoms with Crippen LogP contribution in [0.3, 0.4) is 0 Å². The first-order valence-corrected chi connectivity index (χ1v) is 9.97. The zero-order valence-corrected chi connectivity index (χ0v) is 17.5. The van der Waals surface area contributed by atoms with E-state index in [9.17, 15) is 4.79 Å². The van der Waals surface area contributed by atoms with Gasteiger partial charge in [0.15, 0.2) is 5.75 Å². The van der Waals surface area contributed by atoms with Crippen LogP contribution in [0, 0.1) is 0 Å². The van der Waals surface area contributed by atoms with Crippen molar-refractivity contribution >= 4 is 11.6 Å². The Kier molecular flexibility index (Phi) is 6.74. The quantitative estimate of drug-likeness (QED) is 0.422. The van der Waals surface area contributed by atoms with Gasteiger partial charge in [-0.25, -0.2) is 5.48 Å². The number of hydroxylamine groups is 1. The fourth-order valence-corrected chi connectivity index (χ4v) is 2.94. The standard InChI is InChI=1S/C22H30N4O3/c1-5-23-12-13-24-20-16-8-6-7-9-18(16)28-19-11-10-15(14-17(19)25-20)21(27)26-29-22(2,3)4/h6-11,14,20,23-25H,5,12-13H2,1-4H3,(H,26,27). The number of carbonyl (C=O) groups excluding carboxylic acids is 1. The fourth-order valence-electron chi connectivity index (χ4n) is 2.94. The Hall–Kier alpha value is -2.61. The number of hydrogen-bond donors (Lipinski definition) is 4. The van der Waals surface area contributed by atoms with Crippen molar-refractivity contribution in [2.75, 3.05) is 25.0 Å². The highest BCUT2D eigenvalue weighted by Gasteiger charge is 2.23. The molecule has 7 heteroatoms. The third kappa shape index (κ3) is 5.69. The SMILES string of the molecule is CCNCCNC1Nc2cc(C(=O)NOC(C)(C)C)ccc2Oc2ccccc21. The number of carbonyl (C=O) groups is 1. The first kappa shape index (κ1) is 21.1. The fraction of sp³-hybridized carbons (Fsp3) is 0.409. The van der Waals surface area contributed by atoms with Gasteiger partial charge < -0.3 is 15.4 Å². The van der Waals surface area contributed by atoms with Crippen LogP contribution in [0.15, 0.2) is 42.5 Å². The van der Waals surface area contributed by atoms with Crippen molar-refractivity contribution in [1.29, 1.82) is 0 Å². The number of hydrogen-bond acceptors (Lipinski definition) is 6. The summed E-state index contributed by atoms with van der Waals surface area (Å²) in [6.07, 6.45) is -0.143. The van der Waals surface area contributed by atoms with Crippen molar-refractivity contribution in [2.45, 2.75) is 39.5 Å². The number of anilines is 1. The van der Waals surface area contributed by atoms with Gasteiger partial charge in [0.1, 0.15) is 11.9 Å². The van der Waals surface area contributed by atoms with Crippen LogP contribution in [0.1, 0.15) is 49.8 Å². The summed E-state index contributed by atoms with van der Waals surface area (Å²) in [6.45, 7) is 10.3. The van der Waals surface area contributed by atoms with Gasteiger partial charge in [-0.2, -0.15) is 0 Å². The van der Waals surface area contributed by atoms with Crippen molar-refractivity contribution < 1.29 is 14.4 Å². The summed E-state index contributed by atoms with van der Waals surface area (Å²) in [5, 5.41) is 10.3. The molecule has 1 aliphatic heterocycles. The van der Waals surface area contributed by atoms with E-state index in [1.54, 1.807) is 18.2 Å². The minimum Gasteiger partial charge on any atom is -0.455 e. The molecule has 1 amide bonds. The van der Waals surface area contributed by atoms with Crippen LogP contribution in [0.5, 0.6) is 11.5 Å². The summed E-state index contributed by atoms with van der Waals surface area (Å²) in [5.41, 5.74) is 4.28. The van der Waals surface area contributed by atoms with E-state index in [2.05, 4.69) is 28.4 Å². The van der Waals surface area contributed by atoms with Gasteiger partial charge in [0.25, 0.3) is 5.91 Å². The maximum absolute atomic E-state index is 12.5. The first-order valence-electron chi connectivity index (χ1n) is 9.97. The van der Waals surface area contributed by atoms with E-state index in [1.807, 2.05) is 45.0 Å². The minimum atomic E-state index is -0.466. The molecule has 29 heavy (non-hydrogen) atoms. The maximum atomic E-state index is 12.5. The molecule has 0 saturated carbocycles. The largest absolute Gasteiger partial charge is 0.455 e. The molecule has 156 valence electrons. The van der Waals surface area contributed by atoms with Crippen LogP contribution >= 0.6 is 0 Å². The van der Waals surface area contributed by atoms with Gasteiger partial charge in [-0.3, -0.25) is 14.9 Å². The zero-order chi connectivity index (χ0) is 20.9. The number of benzene rings is 2. The van der Waals surface area contributed by atoms with Gasteiger partial charge in [-0.1, -0.05) is 25.1 Å². The monoisotopic (exact) mass is 398 g/mol. The van der Waals surface area contributed by atoms with Gasteiger partial charge in [0, 0.05) is 24.2 Å². The van der Waals surface area contributed by atoms with Gasteiger partial charge in [-0.05, 0) is 51.6 Å². The molecule has 3 rings (SSSR count). The Morgan fingerprint density at radius 2 is 1.93 bits per heavy atom. The summed E-state index contributed by atoms with van der Waals surface area (Å²) < 4.78 is 6.13. The minimum absolute atomic E-state index is 0.143. The normalized spacial score (nSPS) is 15.4. The van der Waals surface area contributed by atoms with Crippen LogP contribution in [0.2, 0.25) is 0 Å². The molecule has 1 unspecified atom stereocenters. The molecule has 4 N–H and O–H groups in total. The molecule has 2 aromatic carbocycles. The number of likely N-dealkylation sites (N-methyl/N-ethyl adjacent to an activating group) is 1. The molecule has 1 atom stereocenters. The van der Waals surface area contributed by atoms with Gasteiger partial charge in [-0.15, -0.1) is 0 Å². The second-order valence-corrected chi connectivity index (χ2v) is 7.88. The molecule has 0 saturated heterocycles. The van der Waals surface area contributed by atoms with E-state index in [0.29, 0.717) is 11.3 Å². The van der Waals surface area contributed by atoms with Gasteiger partial charge in [0.05, 0.1) is 11.3 Å². The highest BCUT2D eigenvalue weighted by Crippen LogP contribution is 2.39. The molecule has 7 nitrogen and oxygen atoms in total. The predicted molar refractivity (Wildman–Crippen MR) is 114 cm³/mol. The Labute approximate surface area is 172 Å². The van der Waals surface area contributed by atoms with Crippen LogP contribution in [0.25, 0.3) is 0 Å². The number of ether oxygens (including phenoxy) is 1. The average Bonchev–Trinajstić information content (AvgIpc) is 2.84. The molecule has 1 heterocycles. The van der Waals surface area contributed by atoms with Crippen molar-refractivity contribution in [3.05, 3.63) is 53.6 Å². The number of amides is 1. The van der Waals surface area contributed by atoms with E-state index in [4.69, 9.17) is 9.57 Å². The Balaban J connectivity index is 1.81. The number of fused-ring (bicyclic) bond motifs is 2. The number of rotatable bonds is 7. The van der Waals surface area contributed by atoms with Crippen molar-refractivity contribution in [1.82, 2.24) is 16.1 Å². The molecule has 0 spiro atoms. The smallest absolute Gasteiger partial charge is 0.274 e. The maximum Gasteiger partial charge on any atom is 0.274 e. The Bertz CT molecular complexity index is 848. The lowest BCUT2D eigenvalue weighted by Gasteiger charge is -2.21. The van der Waals surface area contributed by atoms with Crippen molar-refractivity contribution in [2.24, 2.45) is 0 Å². The summed E-state index contributed by atoms with van der Waals surface area (Å²) in [7, 11) is 0. The first-order chi connectivity index (χ1) is 13.9. The molecule has 0 radical (unpaired) electrons. The third-order valence-electron chi connectivity index (χ3n) is 4.34. The number of para-hydroxylation sites is 1. The van der Waals surface area contributed by atoms with Crippen LogP contribution in [-0.2, 0) is 4.84 Å². The highest BCUT2D eigenvalue weighted by atomic mass is 16.7. The summed E-state index contributed by atoms with van der Waals surface area (Å²) in [4.78, 5) is 17.9. The highest BCUT2D eigenvalue weighted by molar-refractivity contribution is 5.95. The summed E-state index contributed by atoms with van der Waals surface area (Å²) in [5.74, 6) is 1.15. The van der Waals surface area contributed by atoms with E-state index >= 15 is 0 Å². The van der Waals surface area contributed by atoms with Crippen LogP contribution in [-0.4, -0.2) is 31.1 Å². The molecule has 0 aromatic heterocycles. The second kappa shape index (κ2) is 9.26. The molecule has 1 aliphatic rings. The molecular formula is C22H30N4O3. The lowest BCUT2D eigenvalue weighted by molar-refractivity contribution is -0.0589. The van der Waals surface area contributed by atoms with E-state index in [0.717, 1.165) is 36.6 Å². The van der Waals surface area contributed by atoms with Crippen LogP contribution < -0.4 is 26.2 Å². The van der Waals surface area contributed by atoms with E-state index < -0.39 is 5.60 Å². The Morgan fingerprint density at radius 3 is 2.69 bits per heavy atom. The molecule has 0 fully saturated rings. The Morgan fingerprint density at radius 1 is 1.14 bits per heavy atom. The van der Waals surface area contributed by atoms with E-state index in [1.165, 1.54) is 0 Å².